The highest BCUT2D eigenvalue weighted by molar-refractivity contribution is 7.50. The van der Waals surface area contributed by atoms with E-state index >= 15 is 0 Å². The van der Waals surface area contributed by atoms with E-state index in [0.29, 0.717) is 11.2 Å². The summed E-state index contributed by atoms with van der Waals surface area (Å²) in [6.07, 6.45) is 0.750. The summed E-state index contributed by atoms with van der Waals surface area (Å²) in [5.74, 6) is 0.975. The first-order valence-electron chi connectivity index (χ1n) is 12.3. The molecule has 5 aromatic rings. The van der Waals surface area contributed by atoms with Gasteiger partial charge in [-0.1, -0.05) is 84.4 Å². The minimum Gasteiger partial charge on any atom is -0.777 e. The van der Waals surface area contributed by atoms with E-state index in [1.165, 1.54) is 6.33 Å². The molecule has 3 aromatic carbocycles. The van der Waals surface area contributed by atoms with Crippen molar-refractivity contribution in [1.29, 1.82) is 0 Å². The molecule has 1 atom stereocenters. The maximum atomic E-state index is 11.0. The van der Waals surface area contributed by atoms with Gasteiger partial charge in [-0.05, 0) is 28.8 Å². The van der Waals surface area contributed by atoms with E-state index in [1.54, 1.807) is 11.7 Å². The monoisotopic (exact) mass is 578 g/mol. The molecule has 1 unspecified atom stereocenters. The second kappa shape index (κ2) is 11.8. The van der Waals surface area contributed by atoms with Gasteiger partial charge in [0.25, 0.3) is 0 Å². The average molecular weight is 579 g/mol. The highest BCUT2D eigenvalue weighted by Gasteiger charge is 2.37. The van der Waals surface area contributed by atoms with Crippen LogP contribution in [0.5, 0.6) is 5.75 Å². The molecule has 0 aliphatic rings. The number of fused-ring (bicyclic) bond motifs is 1. The Kier molecular flexibility index (Phi) is 8.16. The molecule has 2 aromatic heterocycles. The molecule has 0 aliphatic heterocycles. The van der Waals surface area contributed by atoms with Gasteiger partial charge in [-0.25, -0.2) is 4.98 Å². The first-order chi connectivity index (χ1) is 19.3. The molecular formula is C28H26ClN5O5P-. The van der Waals surface area contributed by atoms with Crippen molar-refractivity contribution in [3.63, 3.8) is 0 Å². The summed E-state index contributed by atoms with van der Waals surface area (Å²) in [6.45, 7) is 0.233. The molecule has 2 heterocycles. The molecule has 10 nitrogen and oxygen atoms in total. The normalized spacial score (nSPS) is 13.2. The third-order valence-electron chi connectivity index (χ3n) is 6.39. The number of rotatable bonds is 11. The third-order valence-corrected chi connectivity index (χ3v) is 7.16. The number of aromatic nitrogens is 4. The molecule has 206 valence electrons. The second-order valence-corrected chi connectivity index (χ2v) is 10.8. The molecule has 0 saturated heterocycles. The van der Waals surface area contributed by atoms with Crippen molar-refractivity contribution >= 4 is 36.3 Å². The minimum atomic E-state index is -4.51. The van der Waals surface area contributed by atoms with Crippen molar-refractivity contribution in [3.8, 4) is 5.75 Å². The number of anilines is 1. The van der Waals surface area contributed by atoms with Crippen LogP contribution in [-0.2, 0) is 21.4 Å². The molecule has 2 N–H and O–H groups in total. The van der Waals surface area contributed by atoms with Crippen molar-refractivity contribution in [3.05, 3.63) is 113 Å². The standard InChI is InChI=1S/C28H27ClN5O5P/c1-38-23-14-12-22(13-15-23)28(20-8-4-2-5-9-20,21-10-6-3-7-11-21)33-27-31-25(29)24-26(32-27)34(18-30-24)16-17-39-19-40(35,36)37/h2-15,18H,16-17,19H2,1H3,(H,31,32,33)(H2,35,36,37)/p-1. The van der Waals surface area contributed by atoms with Gasteiger partial charge >= 0.3 is 0 Å². The SMILES string of the molecule is COc1ccc(C(Nc2nc(Cl)c3ncn(CCOCP(=O)([O-])O)c3n2)(c2ccccc2)c2ccccc2)cc1. The summed E-state index contributed by atoms with van der Waals surface area (Å²) in [4.78, 5) is 33.6. The maximum Gasteiger partial charge on any atom is 0.227 e. The van der Waals surface area contributed by atoms with E-state index in [2.05, 4.69) is 15.3 Å². The van der Waals surface area contributed by atoms with Gasteiger partial charge in [-0.15, -0.1) is 0 Å². The van der Waals surface area contributed by atoms with E-state index in [1.807, 2.05) is 84.9 Å². The Balaban J connectivity index is 1.61. The first-order valence-corrected chi connectivity index (χ1v) is 14.5. The zero-order chi connectivity index (χ0) is 28.2. The average Bonchev–Trinajstić information content (AvgIpc) is 3.38. The summed E-state index contributed by atoms with van der Waals surface area (Å²) in [6, 6.07) is 27.7. The molecule has 0 aliphatic carbocycles. The Labute approximate surface area is 235 Å². The van der Waals surface area contributed by atoms with E-state index in [0.717, 1.165) is 22.4 Å². The molecule has 12 heteroatoms. The van der Waals surface area contributed by atoms with Crippen LogP contribution in [0.3, 0.4) is 0 Å². The Morgan fingerprint density at radius 2 is 1.57 bits per heavy atom. The fourth-order valence-corrected chi connectivity index (χ4v) is 5.15. The number of halogens is 1. The molecule has 0 spiro atoms. The zero-order valence-corrected chi connectivity index (χ0v) is 23.1. The number of hydrogen-bond donors (Lipinski definition) is 2. The van der Waals surface area contributed by atoms with Gasteiger partial charge in [-0.3, -0.25) is 0 Å². The van der Waals surface area contributed by atoms with Crippen LogP contribution in [0, 0.1) is 0 Å². The Hall–Kier alpha value is -3.79. The molecule has 0 radical (unpaired) electrons. The molecule has 40 heavy (non-hydrogen) atoms. The summed E-state index contributed by atoms with van der Waals surface area (Å²) in [5.41, 5.74) is 2.70. The lowest BCUT2D eigenvalue weighted by Crippen LogP contribution is -2.38. The lowest BCUT2D eigenvalue weighted by atomic mass is 9.77. The number of benzene rings is 3. The molecule has 0 bridgehead atoms. The number of ether oxygens (including phenoxy) is 2. The Morgan fingerprint density at radius 1 is 0.975 bits per heavy atom. The molecule has 0 fully saturated rings. The summed E-state index contributed by atoms with van der Waals surface area (Å²) < 4.78 is 23.2. The summed E-state index contributed by atoms with van der Waals surface area (Å²) in [7, 11) is -2.89. The van der Waals surface area contributed by atoms with E-state index in [4.69, 9.17) is 31.0 Å². The predicted molar refractivity (Wildman–Crippen MR) is 150 cm³/mol. The van der Waals surface area contributed by atoms with Crippen molar-refractivity contribution in [2.24, 2.45) is 0 Å². The highest BCUT2D eigenvalue weighted by Crippen LogP contribution is 2.40. The lowest BCUT2D eigenvalue weighted by molar-refractivity contribution is -0.198. The summed E-state index contributed by atoms with van der Waals surface area (Å²) >= 11 is 6.58. The first kappa shape index (κ1) is 27.8. The van der Waals surface area contributed by atoms with Gasteiger partial charge in [0.2, 0.25) is 5.95 Å². The van der Waals surface area contributed by atoms with Crippen molar-refractivity contribution in [2.75, 3.05) is 25.4 Å². The van der Waals surface area contributed by atoms with Gasteiger partial charge < -0.3 is 33.7 Å². The van der Waals surface area contributed by atoms with Crippen LogP contribution >= 0.6 is 19.2 Å². The van der Waals surface area contributed by atoms with E-state index in [-0.39, 0.29) is 24.3 Å². The Morgan fingerprint density at radius 3 is 2.15 bits per heavy atom. The van der Waals surface area contributed by atoms with Gasteiger partial charge in [0, 0.05) is 6.54 Å². The third kappa shape index (κ3) is 5.86. The predicted octanol–water partition coefficient (Wildman–Crippen LogP) is 4.41. The number of methoxy groups -OCH3 is 1. The molecule has 0 saturated carbocycles. The van der Waals surface area contributed by atoms with Gasteiger partial charge in [0.15, 0.2) is 18.4 Å². The molecule has 5 rings (SSSR count). The number of nitrogens with zero attached hydrogens (tertiary/aromatic N) is 4. The van der Waals surface area contributed by atoms with Crippen LogP contribution in [0.1, 0.15) is 16.7 Å². The zero-order valence-electron chi connectivity index (χ0n) is 21.5. The van der Waals surface area contributed by atoms with Crippen molar-refractivity contribution in [2.45, 2.75) is 12.1 Å². The van der Waals surface area contributed by atoms with Crippen LogP contribution in [0.25, 0.3) is 11.2 Å². The quantitative estimate of drug-likeness (QED) is 0.101. The smallest absolute Gasteiger partial charge is 0.227 e. The van der Waals surface area contributed by atoms with E-state index < -0.39 is 19.5 Å². The Bertz CT molecular complexity index is 1590. The maximum absolute atomic E-state index is 11.0. The topological polar surface area (TPSA) is 134 Å². The highest BCUT2D eigenvalue weighted by atomic mass is 35.5. The van der Waals surface area contributed by atoms with Gasteiger partial charge in [0.1, 0.15) is 23.2 Å². The van der Waals surface area contributed by atoms with Gasteiger partial charge in [0.05, 0.1) is 20.0 Å². The van der Waals surface area contributed by atoms with E-state index in [9.17, 15) is 9.46 Å². The van der Waals surface area contributed by atoms with Crippen LogP contribution in [0.2, 0.25) is 5.15 Å². The largest absolute Gasteiger partial charge is 0.777 e. The van der Waals surface area contributed by atoms with Crippen molar-refractivity contribution in [1.82, 2.24) is 19.5 Å². The molecular weight excluding hydrogens is 553 g/mol. The van der Waals surface area contributed by atoms with Crippen LogP contribution in [0.4, 0.5) is 5.95 Å². The van der Waals surface area contributed by atoms with Crippen LogP contribution < -0.4 is 14.9 Å². The molecule has 0 amide bonds. The fraction of sp³-hybridized carbons (Fsp3) is 0.179. The summed E-state index contributed by atoms with van der Waals surface area (Å²) in [5, 5.41) is 3.73. The fourth-order valence-electron chi connectivity index (χ4n) is 4.57. The second-order valence-electron chi connectivity index (χ2n) is 8.96. The van der Waals surface area contributed by atoms with Crippen LogP contribution in [0.15, 0.2) is 91.3 Å². The number of imidazole rings is 1. The van der Waals surface area contributed by atoms with Crippen molar-refractivity contribution < 1.29 is 23.8 Å². The number of nitrogens with one attached hydrogen (secondary N) is 1. The van der Waals surface area contributed by atoms with Gasteiger partial charge in [-0.2, -0.15) is 9.97 Å². The number of hydrogen-bond acceptors (Lipinski definition) is 8. The van der Waals surface area contributed by atoms with Crippen LogP contribution in [-0.4, -0.2) is 44.5 Å². The minimum absolute atomic E-state index is 0.00640. The lowest BCUT2D eigenvalue weighted by Gasteiger charge is -2.37.